The van der Waals surface area contributed by atoms with Crippen LogP contribution < -0.4 is 10.1 Å². The number of benzene rings is 1. The quantitative estimate of drug-likeness (QED) is 0.788. The monoisotopic (exact) mass is 334 g/mol. The van der Waals surface area contributed by atoms with Gasteiger partial charge in [0.2, 0.25) is 0 Å². The first-order chi connectivity index (χ1) is 11.4. The molecule has 3 rings (SSSR count). The summed E-state index contributed by atoms with van der Waals surface area (Å²) >= 11 is 0. The van der Waals surface area contributed by atoms with Gasteiger partial charge < -0.3 is 15.2 Å². The second-order valence-corrected chi connectivity index (χ2v) is 5.88. The summed E-state index contributed by atoms with van der Waals surface area (Å²) < 4.78 is 18.9. The summed E-state index contributed by atoms with van der Waals surface area (Å²) in [4.78, 5) is 16.5. The molecule has 1 aliphatic heterocycles. The Kier molecular flexibility index (Phi) is 4.48. The Morgan fingerprint density at radius 3 is 3.00 bits per heavy atom. The number of aromatic nitrogens is 3. The molecule has 3 N–H and O–H groups in total. The fourth-order valence-electron chi connectivity index (χ4n) is 2.58. The highest BCUT2D eigenvalue weighted by Crippen LogP contribution is 2.28. The number of nitrogens with zero attached hydrogens (tertiary/aromatic N) is 2. The number of halogens is 1. The molecule has 1 aromatic carbocycles. The highest BCUT2D eigenvalue weighted by molar-refractivity contribution is 5.81. The van der Waals surface area contributed by atoms with E-state index >= 15 is 0 Å². The molecule has 0 spiro atoms. The van der Waals surface area contributed by atoms with Crippen LogP contribution in [0.3, 0.4) is 0 Å². The normalized spacial score (nSPS) is 19.1. The van der Waals surface area contributed by atoms with Gasteiger partial charge in [0.15, 0.2) is 11.9 Å². The number of nitrogens with one attached hydrogen (secondary N) is 2. The van der Waals surface area contributed by atoms with Crippen LogP contribution in [-0.2, 0) is 11.2 Å². The van der Waals surface area contributed by atoms with Crippen LogP contribution in [0.1, 0.15) is 49.6 Å². The van der Waals surface area contributed by atoms with E-state index in [1.807, 2.05) is 0 Å². The molecular formula is C16H19FN4O3. The number of aliphatic hydroxyl groups excluding tert-OH is 1. The third-order valence-electron chi connectivity index (χ3n) is 3.92. The van der Waals surface area contributed by atoms with Gasteiger partial charge in [0.05, 0.1) is 6.04 Å². The minimum atomic E-state index is -0.781. The van der Waals surface area contributed by atoms with Gasteiger partial charge in [0.1, 0.15) is 23.5 Å². The number of ether oxygens (including phenoxy) is 1. The molecule has 2 heterocycles. The molecule has 3 unspecified atom stereocenters. The van der Waals surface area contributed by atoms with Crippen molar-refractivity contribution in [1.82, 2.24) is 20.5 Å². The zero-order valence-corrected chi connectivity index (χ0v) is 13.4. The van der Waals surface area contributed by atoms with Crippen molar-refractivity contribution in [2.24, 2.45) is 0 Å². The fraction of sp³-hybridized carbons (Fsp3) is 0.438. The van der Waals surface area contributed by atoms with Crippen LogP contribution in [0.15, 0.2) is 18.2 Å². The highest BCUT2D eigenvalue weighted by atomic mass is 19.1. The minimum Gasteiger partial charge on any atom is -0.480 e. The van der Waals surface area contributed by atoms with E-state index in [0.717, 1.165) is 5.56 Å². The maximum atomic E-state index is 13.2. The Morgan fingerprint density at radius 1 is 1.50 bits per heavy atom. The molecule has 0 radical (unpaired) electrons. The summed E-state index contributed by atoms with van der Waals surface area (Å²) in [5.74, 6) is 0.681. The van der Waals surface area contributed by atoms with Gasteiger partial charge in [-0.3, -0.25) is 9.89 Å². The van der Waals surface area contributed by atoms with Crippen molar-refractivity contribution in [1.29, 1.82) is 0 Å². The Labute approximate surface area is 138 Å². The van der Waals surface area contributed by atoms with Crippen LogP contribution in [0.25, 0.3) is 0 Å². The van der Waals surface area contributed by atoms with Crippen LogP contribution in [0.4, 0.5) is 4.39 Å². The lowest BCUT2D eigenvalue weighted by molar-refractivity contribution is -0.129. The number of rotatable bonds is 4. The maximum absolute atomic E-state index is 13.2. The van der Waals surface area contributed by atoms with Gasteiger partial charge in [-0.05, 0) is 50.5 Å². The van der Waals surface area contributed by atoms with Gasteiger partial charge in [0.25, 0.3) is 5.91 Å². The number of aromatic amines is 1. The fourth-order valence-corrected chi connectivity index (χ4v) is 2.58. The van der Waals surface area contributed by atoms with E-state index < -0.39 is 18.2 Å². The summed E-state index contributed by atoms with van der Waals surface area (Å²) in [6, 6.07) is 3.88. The average molecular weight is 334 g/mol. The molecular weight excluding hydrogens is 315 g/mol. The number of hydrogen-bond donors (Lipinski definition) is 3. The van der Waals surface area contributed by atoms with E-state index in [4.69, 9.17) is 4.74 Å². The highest BCUT2D eigenvalue weighted by Gasteiger charge is 2.28. The first kappa shape index (κ1) is 16.4. The SMILES string of the molecule is CC(O)c1n[nH]c(C(C)NC(=O)C2CCc3cc(F)ccc3O2)n1. The number of carbonyl (C=O) groups excluding carboxylic acids is 1. The predicted molar refractivity (Wildman–Crippen MR) is 82.7 cm³/mol. The molecule has 1 aliphatic rings. The Morgan fingerprint density at radius 2 is 2.29 bits per heavy atom. The molecule has 7 nitrogen and oxygen atoms in total. The second-order valence-electron chi connectivity index (χ2n) is 5.88. The Hall–Kier alpha value is -2.48. The first-order valence-electron chi connectivity index (χ1n) is 7.79. The van der Waals surface area contributed by atoms with E-state index in [0.29, 0.717) is 24.4 Å². The Bertz CT molecular complexity index is 747. The van der Waals surface area contributed by atoms with E-state index in [9.17, 15) is 14.3 Å². The molecule has 0 aliphatic carbocycles. The summed E-state index contributed by atoms with van der Waals surface area (Å²) in [5, 5.41) is 18.8. The number of hydrogen-bond acceptors (Lipinski definition) is 5. The minimum absolute atomic E-state index is 0.271. The van der Waals surface area contributed by atoms with Crippen LogP contribution in [0.2, 0.25) is 0 Å². The van der Waals surface area contributed by atoms with Crippen LogP contribution in [0.5, 0.6) is 5.75 Å². The molecule has 24 heavy (non-hydrogen) atoms. The molecule has 0 saturated carbocycles. The lowest BCUT2D eigenvalue weighted by atomic mass is 10.0. The molecule has 1 amide bonds. The Balaban J connectivity index is 1.63. The standard InChI is InChI=1S/C16H19FN4O3/c1-8(14-19-15(9(2)22)21-20-14)18-16(23)13-5-3-10-7-11(17)4-6-12(10)24-13/h4,6-9,13,22H,3,5H2,1-2H3,(H,18,23)(H,19,20,21). The maximum Gasteiger partial charge on any atom is 0.261 e. The van der Waals surface area contributed by atoms with Gasteiger partial charge in [-0.25, -0.2) is 9.37 Å². The van der Waals surface area contributed by atoms with Gasteiger partial charge >= 0.3 is 0 Å². The number of amides is 1. The van der Waals surface area contributed by atoms with Crippen molar-refractivity contribution in [3.63, 3.8) is 0 Å². The molecule has 3 atom stereocenters. The van der Waals surface area contributed by atoms with Crippen LogP contribution in [-0.4, -0.2) is 32.3 Å². The third kappa shape index (κ3) is 3.38. The second kappa shape index (κ2) is 6.56. The molecule has 2 aromatic rings. The molecule has 128 valence electrons. The van der Waals surface area contributed by atoms with Crippen molar-refractivity contribution in [2.45, 2.75) is 44.9 Å². The van der Waals surface area contributed by atoms with E-state index in [-0.39, 0.29) is 17.5 Å². The lowest BCUT2D eigenvalue weighted by Crippen LogP contribution is -2.41. The van der Waals surface area contributed by atoms with Crippen molar-refractivity contribution in [3.8, 4) is 5.75 Å². The zero-order valence-electron chi connectivity index (χ0n) is 13.4. The summed E-state index contributed by atoms with van der Waals surface area (Å²) in [5.41, 5.74) is 0.768. The van der Waals surface area contributed by atoms with Gasteiger partial charge in [-0.2, -0.15) is 5.10 Å². The summed E-state index contributed by atoms with van der Waals surface area (Å²) in [6.07, 6.45) is -0.362. The van der Waals surface area contributed by atoms with Crippen LogP contribution in [0, 0.1) is 5.82 Å². The average Bonchev–Trinajstić information content (AvgIpc) is 3.04. The number of H-pyrrole nitrogens is 1. The third-order valence-corrected chi connectivity index (χ3v) is 3.92. The molecule has 0 bridgehead atoms. The van der Waals surface area contributed by atoms with Gasteiger partial charge in [-0.15, -0.1) is 0 Å². The van der Waals surface area contributed by atoms with Gasteiger partial charge in [-0.1, -0.05) is 0 Å². The van der Waals surface area contributed by atoms with Gasteiger partial charge in [0, 0.05) is 0 Å². The molecule has 8 heteroatoms. The zero-order chi connectivity index (χ0) is 17.3. The molecule has 1 aromatic heterocycles. The summed E-state index contributed by atoms with van der Waals surface area (Å²) in [7, 11) is 0. The van der Waals surface area contributed by atoms with Crippen molar-refractivity contribution in [2.75, 3.05) is 0 Å². The first-order valence-corrected chi connectivity index (χ1v) is 7.79. The van der Waals surface area contributed by atoms with Crippen molar-refractivity contribution >= 4 is 5.91 Å². The van der Waals surface area contributed by atoms with E-state index in [2.05, 4.69) is 20.5 Å². The summed E-state index contributed by atoms with van der Waals surface area (Å²) in [6.45, 7) is 3.32. The smallest absolute Gasteiger partial charge is 0.261 e. The van der Waals surface area contributed by atoms with Crippen molar-refractivity contribution in [3.05, 3.63) is 41.2 Å². The van der Waals surface area contributed by atoms with Crippen LogP contribution >= 0.6 is 0 Å². The molecule has 0 saturated heterocycles. The topological polar surface area (TPSA) is 100 Å². The largest absolute Gasteiger partial charge is 0.480 e. The number of fused-ring (bicyclic) bond motifs is 1. The predicted octanol–water partition coefficient (Wildman–Crippen LogP) is 1.57. The van der Waals surface area contributed by atoms with Crippen molar-refractivity contribution < 1.29 is 19.0 Å². The lowest BCUT2D eigenvalue weighted by Gasteiger charge is -2.26. The van der Waals surface area contributed by atoms with E-state index in [1.54, 1.807) is 19.9 Å². The number of aryl methyl sites for hydroxylation is 1. The molecule has 0 fully saturated rings. The number of carbonyl (C=O) groups is 1. The number of aliphatic hydroxyl groups is 1. The van der Waals surface area contributed by atoms with E-state index in [1.165, 1.54) is 12.1 Å².